The van der Waals surface area contributed by atoms with Crippen LogP contribution in [0.4, 0.5) is 0 Å². The highest BCUT2D eigenvalue weighted by Crippen LogP contribution is 2.31. The van der Waals surface area contributed by atoms with E-state index in [9.17, 15) is 10.2 Å². The molecule has 0 aliphatic carbocycles. The predicted octanol–water partition coefficient (Wildman–Crippen LogP) is 4.28. The fourth-order valence-corrected chi connectivity index (χ4v) is 4.10. The van der Waals surface area contributed by atoms with E-state index in [0.717, 1.165) is 16.7 Å². The lowest BCUT2D eigenvalue weighted by atomic mass is 9.86. The highest BCUT2D eigenvalue weighted by molar-refractivity contribution is 7.08. The summed E-state index contributed by atoms with van der Waals surface area (Å²) in [6.45, 7) is 2.59. The zero-order chi connectivity index (χ0) is 19.1. The van der Waals surface area contributed by atoms with Crippen LogP contribution in [-0.4, -0.2) is 22.8 Å². The van der Waals surface area contributed by atoms with Gasteiger partial charge in [-0.2, -0.15) is 11.3 Å². The summed E-state index contributed by atoms with van der Waals surface area (Å²) in [7, 11) is 0. The van der Waals surface area contributed by atoms with Crippen molar-refractivity contribution in [3.8, 4) is 0 Å². The Morgan fingerprint density at radius 3 is 2.30 bits per heavy atom. The molecule has 0 aliphatic rings. The Morgan fingerprint density at radius 1 is 1.00 bits per heavy atom. The molecule has 3 N–H and O–H groups in total. The Kier molecular flexibility index (Phi) is 6.80. The molecule has 4 heteroatoms. The van der Waals surface area contributed by atoms with E-state index in [1.807, 2.05) is 84.4 Å². The van der Waals surface area contributed by atoms with Crippen LogP contribution in [0.25, 0.3) is 0 Å². The molecule has 0 aliphatic heterocycles. The molecule has 3 aromatic rings. The first kappa shape index (κ1) is 19.8. The Hall–Kier alpha value is -1.98. The molecule has 0 amide bonds. The van der Waals surface area contributed by atoms with Gasteiger partial charge >= 0.3 is 0 Å². The van der Waals surface area contributed by atoms with Gasteiger partial charge < -0.3 is 15.5 Å². The van der Waals surface area contributed by atoms with E-state index >= 15 is 0 Å². The van der Waals surface area contributed by atoms with Gasteiger partial charge in [0, 0.05) is 12.5 Å². The van der Waals surface area contributed by atoms with E-state index in [4.69, 9.17) is 0 Å². The van der Waals surface area contributed by atoms with Gasteiger partial charge in [0.05, 0.1) is 11.7 Å². The molecular formula is C23H27NO2S. The van der Waals surface area contributed by atoms with E-state index in [1.165, 1.54) is 0 Å². The first-order valence-electron chi connectivity index (χ1n) is 9.34. The van der Waals surface area contributed by atoms with Crippen molar-refractivity contribution in [2.75, 3.05) is 6.54 Å². The van der Waals surface area contributed by atoms with Crippen LogP contribution in [0, 0.1) is 0 Å². The van der Waals surface area contributed by atoms with Gasteiger partial charge in [-0.1, -0.05) is 60.7 Å². The van der Waals surface area contributed by atoms with Crippen molar-refractivity contribution >= 4 is 11.3 Å². The molecule has 3 atom stereocenters. The lowest BCUT2D eigenvalue weighted by Gasteiger charge is -2.29. The summed E-state index contributed by atoms with van der Waals surface area (Å²) in [5, 5.41) is 29.3. The standard InChI is InChI=1S/C23H27NO2S/c1-18(22(25)20-10-6-3-7-11-20)24-14-13-23(26,21-12-15-27-17-21)16-19-8-4-2-5-9-19/h2-12,15,17-18,22,24-26H,13-14,16H2,1H3. The third-order valence-electron chi connectivity index (χ3n) is 5.02. The number of nitrogens with one attached hydrogen (secondary N) is 1. The second-order valence-electron chi connectivity index (χ2n) is 7.05. The summed E-state index contributed by atoms with van der Waals surface area (Å²) < 4.78 is 0. The Balaban J connectivity index is 1.63. The molecule has 0 spiro atoms. The summed E-state index contributed by atoms with van der Waals surface area (Å²) in [6, 6.07) is 21.6. The van der Waals surface area contributed by atoms with E-state index in [1.54, 1.807) is 11.3 Å². The molecule has 0 bridgehead atoms. The van der Waals surface area contributed by atoms with Crippen molar-refractivity contribution < 1.29 is 10.2 Å². The number of benzene rings is 2. The summed E-state index contributed by atoms with van der Waals surface area (Å²) in [4.78, 5) is 0. The molecule has 3 nitrogen and oxygen atoms in total. The van der Waals surface area contributed by atoms with Gasteiger partial charge in [0.25, 0.3) is 0 Å². The van der Waals surface area contributed by atoms with E-state index in [2.05, 4.69) is 5.32 Å². The summed E-state index contributed by atoms with van der Waals surface area (Å²) >= 11 is 1.60. The lowest BCUT2D eigenvalue weighted by molar-refractivity contribution is 0.0258. The summed E-state index contributed by atoms with van der Waals surface area (Å²) in [6.07, 6.45) is 0.571. The third kappa shape index (κ3) is 5.27. The molecule has 3 unspecified atom stereocenters. The number of rotatable bonds is 9. The second-order valence-corrected chi connectivity index (χ2v) is 7.83. The maximum Gasteiger partial charge on any atom is 0.0956 e. The van der Waals surface area contributed by atoms with Gasteiger partial charge in [0.2, 0.25) is 0 Å². The molecule has 0 radical (unpaired) electrons. The van der Waals surface area contributed by atoms with Crippen LogP contribution in [0.1, 0.15) is 36.1 Å². The molecule has 142 valence electrons. The smallest absolute Gasteiger partial charge is 0.0956 e. The summed E-state index contributed by atoms with van der Waals surface area (Å²) in [5.74, 6) is 0. The molecule has 1 heterocycles. The van der Waals surface area contributed by atoms with Gasteiger partial charge in [0.1, 0.15) is 0 Å². The van der Waals surface area contributed by atoms with Crippen molar-refractivity contribution in [3.05, 3.63) is 94.2 Å². The third-order valence-corrected chi connectivity index (χ3v) is 5.70. The Labute approximate surface area is 165 Å². The van der Waals surface area contributed by atoms with Crippen molar-refractivity contribution in [1.82, 2.24) is 5.32 Å². The largest absolute Gasteiger partial charge is 0.387 e. The minimum Gasteiger partial charge on any atom is -0.387 e. The maximum atomic E-state index is 11.4. The highest BCUT2D eigenvalue weighted by Gasteiger charge is 2.30. The normalized spacial score (nSPS) is 15.8. The molecule has 3 rings (SSSR count). The van der Waals surface area contributed by atoms with Crippen LogP contribution in [0.2, 0.25) is 0 Å². The summed E-state index contributed by atoms with van der Waals surface area (Å²) in [5.41, 5.74) is 2.04. The number of aliphatic hydroxyl groups excluding tert-OH is 1. The first-order valence-corrected chi connectivity index (χ1v) is 10.3. The maximum absolute atomic E-state index is 11.4. The average molecular weight is 382 g/mol. The fourth-order valence-electron chi connectivity index (χ4n) is 3.35. The number of hydrogen-bond donors (Lipinski definition) is 3. The van der Waals surface area contributed by atoms with E-state index < -0.39 is 11.7 Å². The second kappa shape index (κ2) is 9.29. The molecule has 0 fully saturated rings. The highest BCUT2D eigenvalue weighted by atomic mass is 32.1. The van der Waals surface area contributed by atoms with Crippen molar-refractivity contribution in [2.24, 2.45) is 0 Å². The molecule has 0 saturated heterocycles. The molecule has 1 aromatic heterocycles. The fraction of sp³-hybridized carbons (Fsp3) is 0.304. The number of thiophene rings is 1. The topological polar surface area (TPSA) is 52.5 Å². The van der Waals surface area contributed by atoms with Crippen LogP contribution in [0.3, 0.4) is 0 Å². The monoisotopic (exact) mass is 381 g/mol. The molecule has 2 aromatic carbocycles. The quantitative estimate of drug-likeness (QED) is 0.518. The number of hydrogen-bond acceptors (Lipinski definition) is 4. The van der Waals surface area contributed by atoms with Gasteiger partial charge in [-0.3, -0.25) is 0 Å². The minimum atomic E-state index is -0.925. The Bertz CT molecular complexity index is 792. The first-order chi connectivity index (χ1) is 13.1. The zero-order valence-electron chi connectivity index (χ0n) is 15.6. The van der Waals surface area contributed by atoms with E-state index in [0.29, 0.717) is 19.4 Å². The molecular weight excluding hydrogens is 354 g/mol. The van der Waals surface area contributed by atoms with Crippen LogP contribution in [0.5, 0.6) is 0 Å². The predicted molar refractivity (Wildman–Crippen MR) is 112 cm³/mol. The van der Waals surface area contributed by atoms with E-state index in [-0.39, 0.29) is 6.04 Å². The van der Waals surface area contributed by atoms with Crippen molar-refractivity contribution in [1.29, 1.82) is 0 Å². The molecule has 27 heavy (non-hydrogen) atoms. The molecule has 0 saturated carbocycles. The van der Waals surface area contributed by atoms with Crippen LogP contribution < -0.4 is 5.32 Å². The SMILES string of the molecule is CC(NCCC(O)(Cc1ccccc1)c1ccsc1)C(O)c1ccccc1. The van der Waals surface area contributed by atoms with Gasteiger partial charge in [-0.05, 0) is 53.4 Å². The van der Waals surface area contributed by atoms with Crippen LogP contribution in [0.15, 0.2) is 77.5 Å². The van der Waals surface area contributed by atoms with Crippen molar-refractivity contribution in [3.63, 3.8) is 0 Å². The zero-order valence-corrected chi connectivity index (χ0v) is 16.4. The van der Waals surface area contributed by atoms with Gasteiger partial charge in [0.15, 0.2) is 0 Å². The van der Waals surface area contributed by atoms with Crippen LogP contribution >= 0.6 is 11.3 Å². The minimum absolute atomic E-state index is 0.101. The van der Waals surface area contributed by atoms with Gasteiger partial charge in [-0.15, -0.1) is 0 Å². The number of aliphatic hydroxyl groups is 2. The van der Waals surface area contributed by atoms with Crippen molar-refractivity contribution in [2.45, 2.75) is 37.5 Å². The van der Waals surface area contributed by atoms with Gasteiger partial charge in [-0.25, -0.2) is 0 Å². The lowest BCUT2D eigenvalue weighted by Crippen LogP contribution is -2.38. The van der Waals surface area contributed by atoms with Crippen LogP contribution in [-0.2, 0) is 12.0 Å². The average Bonchev–Trinajstić information content (AvgIpc) is 3.24. The Morgan fingerprint density at radius 2 is 1.67 bits per heavy atom.